The monoisotopic (exact) mass is 286 g/mol. The van der Waals surface area contributed by atoms with E-state index in [0.29, 0.717) is 18.8 Å². The summed E-state index contributed by atoms with van der Waals surface area (Å²) < 4.78 is 9.57. The van der Waals surface area contributed by atoms with Gasteiger partial charge in [-0.15, -0.1) is 0 Å². The van der Waals surface area contributed by atoms with E-state index < -0.39 is 5.97 Å². The smallest absolute Gasteiger partial charge is 0.339 e. The molecular formula is C12H15ClN2O4. The predicted molar refractivity (Wildman–Crippen MR) is 71.3 cm³/mol. The topological polar surface area (TPSA) is 90.6 Å². The number of amides is 1. The number of benzene rings is 1. The number of esters is 1. The minimum atomic E-state index is -0.569. The highest BCUT2D eigenvalue weighted by Gasteiger charge is 2.12. The van der Waals surface area contributed by atoms with Crippen molar-refractivity contribution in [1.82, 2.24) is 0 Å². The number of hydrogen-bond acceptors (Lipinski definition) is 5. The average Bonchev–Trinajstić information content (AvgIpc) is 2.40. The van der Waals surface area contributed by atoms with Crippen LogP contribution in [0.5, 0.6) is 0 Å². The summed E-state index contributed by atoms with van der Waals surface area (Å²) in [6.07, 6.45) is 0. The summed E-state index contributed by atoms with van der Waals surface area (Å²) in [4.78, 5) is 22.9. The van der Waals surface area contributed by atoms with Crippen molar-refractivity contribution in [1.29, 1.82) is 0 Å². The molecule has 0 aliphatic rings. The quantitative estimate of drug-likeness (QED) is 0.602. The normalized spacial score (nSPS) is 10.1. The van der Waals surface area contributed by atoms with Gasteiger partial charge < -0.3 is 20.5 Å². The van der Waals surface area contributed by atoms with E-state index in [-0.39, 0.29) is 23.1 Å². The molecule has 1 amide bonds. The van der Waals surface area contributed by atoms with Crippen LogP contribution < -0.4 is 11.1 Å². The second-order valence-electron chi connectivity index (χ2n) is 3.58. The molecule has 6 nitrogen and oxygen atoms in total. The van der Waals surface area contributed by atoms with Gasteiger partial charge in [0.1, 0.15) is 6.61 Å². The fourth-order valence-corrected chi connectivity index (χ4v) is 1.51. The summed E-state index contributed by atoms with van der Waals surface area (Å²) in [6.45, 7) is 0.551. The number of carbonyl (C=O) groups excluding carboxylic acids is 2. The molecule has 0 aliphatic heterocycles. The van der Waals surface area contributed by atoms with Crippen LogP contribution in [-0.4, -0.2) is 38.7 Å². The zero-order chi connectivity index (χ0) is 14.3. The van der Waals surface area contributed by atoms with Crippen LogP contribution in [0.1, 0.15) is 10.4 Å². The second-order valence-corrected chi connectivity index (χ2v) is 3.98. The maximum atomic E-state index is 11.5. The Morgan fingerprint density at radius 2 is 2.16 bits per heavy atom. The minimum absolute atomic E-state index is 0.104. The van der Waals surface area contributed by atoms with Gasteiger partial charge in [-0.25, -0.2) is 4.79 Å². The van der Waals surface area contributed by atoms with Gasteiger partial charge in [-0.05, 0) is 18.2 Å². The van der Waals surface area contributed by atoms with Crippen molar-refractivity contribution in [2.75, 3.05) is 32.2 Å². The van der Waals surface area contributed by atoms with Crippen LogP contribution in [0, 0.1) is 0 Å². The molecule has 0 aromatic heterocycles. The molecule has 19 heavy (non-hydrogen) atoms. The number of methoxy groups -OCH3 is 1. The lowest BCUT2D eigenvalue weighted by atomic mass is 10.2. The highest BCUT2D eigenvalue weighted by atomic mass is 35.5. The third-order valence-electron chi connectivity index (χ3n) is 2.15. The molecule has 7 heteroatoms. The fraction of sp³-hybridized carbons (Fsp3) is 0.333. The Morgan fingerprint density at radius 1 is 1.42 bits per heavy atom. The summed E-state index contributed by atoms with van der Waals surface area (Å²) in [5.41, 5.74) is 5.85. The van der Waals surface area contributed by atoms with E-state index in [4.69, 9.17) is 22.1 Å². The van der Waals surface area contributed by atoms with Crippen molar-refractivity contribution in [3.05, 3.63) is 28.8 Å². The van der Waals surface area contributed by atoms with Gasteiger partial charge in [0, 0.05) is 12.2 Å². The highest BCUT2D eigenvalue weighted by Crippen LogP contribution is 2.21. The Balaban J connectivity index is 2.69. The van der Waals surface area contributed by atoms with Crippen LogP contribution in [0.3, 0.4) is 0 Å². The van der Waals surface area contributed by atoms with Crippen LogP contribution in [0.4, 0.5) is 5.69 Å². The molecule has 104 valence electrons. The third kappa shape index (κ3) is 4.86. The molecule has 0 unspecified atom stereocenters. The van der Waals surface area contributed by atoms with Gasteiger partial charge in [-0.1, -0.05) is 11.6 Å². The lowest BCUT2D eigenvalue weighted by Gasteiger charge is -2.08. The van der Waals surface area contributed by atoms with Crippen molar-refractivity contribution < 1.29 is 19.1 Å². The Morgan fingerprint density at radius 3 is 2.79 bits per heavy atom. The zero-order valence-electron chi connectivity index (χ0n) is 10.4. The van der Waals surface area contributed by atoms with E-state index in [0.717, 1.165) is 0 Å². The van der Waals surface area contributed by atoms with Crippen molar-refractivity contribution in [2.24, 2.45) is 5.73 Å². The molecule has 0 heterocycles. The number of rotatable bonds is 6. The molecule has 1 rings (SSSR count). The molecule has 0 spiro atoms. The molecule has 3 N–H and O–H groups in total. The SMILES string of the molecule is COC(=O)c1cc(NC(=O)COCCN)ccc1Cl. The van der Waals surface area contributed by atoms with Gasteiger partial charge in [0.05, 0.1) is 24.3 Å². The maximum absolute atomic E-state index is 11.5. The van der Waals surface area contributed by atoms with E-state index >= 15 is 0 Å². The van der Waals surface area contributed by atoms with Crippen LogP contribution in [0.25, 0.3) is 0 Å². The van der Waals surface area contributed by atoms with Crippen molar-refractivity contribution in [2.45, 2.75) is 0 Å². The summed E-state index contributed by atoms with van der Waals surface area (Å²) in [7, 11) is 1.25. The summed E-state index contributed by atoms with van der Waals surface area (Å²) >= 11 is 5.86. The first kappa shape index (κ1) is 15.4. The number of ether oxygens (including phenoxy) is 2. The lowest BCUT2D eigenvalue weighted by Crippen LogP contribution is -2.21. The Kier molecular flexibility index (Phi) is 6.27. The Labute approximate surface area is 115 Å². The van der Waals surface area contributed by atoms with E-state index in [1.54, 1.807) is 6.07 Å². The van der Waals surface area contributed by atoms with E-state index in [9.17, 15) is 9.59 Å². The standard InChI is InChI=1S/C12H15ClN2O4/c1-18-12(17)9-6-8(2-3-10(9)13)15-11(16)7-19-5-4-14/h2-3,6H,4-5,7,14H2,1H3,(H,15,16). The number of halogens is 1. The predicted octanol–water partition coefficient (Wildman–Crippen LogP) is 1.04. The largest absolute Gasteiger partial charge is 0.465 e. The maximum Gasteiger partial charge on any atom is 0.339 e. The first-order chi connectivity index (χ1) is 9.08. The Hall–Kier alpha value is -1.63. The lowest BCUT2D eigenvalue weighted by molar-refractivity contribution is -0.120. The average molecular weight is 287 g/mol. The molecule has 0 bridgehead atoms. The van der Waals surface area contributed by atoms with Gasteiger partial charge in [0.15, 0.2) is 0 Å². The molecule has 0 radical (unpaired) electrons. The number of nitrogens with one attached hydrogen (secondary N) is 1. The van der Waals surface area contributed by atoms with Crippen LogP contribution >= 0.6 is 11.6 Å². The summed E-state index contributed by atoms with van der Waals surface area (Å²) in [6, 6.07) is 4.52. The molecular weight excluding hydrogens is 272 g/mol. The Bertz CT molecular complexity index is 465. The first-order valence-corrected chi connectivity index (χ1v) is 5.91. The molecule has 1 aromatic carbocycles. The van der Waals surface area contributed by atoms with Gasteiger partial charge in [0.25, 0.3) is 0 Å². The van der Waals surface area contributed by atoms with E-state index in [2.05, 4.69) is 10.1 Å². The van der Waals surface area contributed by atoms with E-state index in [1.165, 1.54) is 19.2 Å². The molecule has 0 saturated carbocycles. The van der Waals surface area contributed by atoms with Gasteiger partial charge >= 0.3 is 5.97 Å². The van der Waals surface area contributed by atoms with E-state index in [1.807, 2.05) is 0 Å². The number of carbonyl (C=O) groups is 2. The second kappa shape index (κ2) is 7.73. The molecule has 0 atom stereocenters. The third-order valence-corrected chi connectivity index (χ3v) is 2.48. The highest BCUT2D eigenvalue weighted by molar-refractivity contribution is 6.33. The zero-order valence-corrected chi connectivity index (χ0v) is 11.2. The molecule has 0 saturated heterocycles. The molecule has 1 aromatic rings. The summed E-state index contributed by atoms with van der Waals surface area (Å²) in [5, 5.41) is 2.83. The number of hydrogen-bond donors (Lipinski definition) is 2. The fourth-order valence-electron chi connectivity index (χ4n) is 1.31. The van der Waals surface area contributed by atoms with Crippen molar-refractivity contribution in [3.63, 3.8) is 0 Å². The number of anilines is 1. The molecule has 0 aliphatic carbocycles. The van der Waals surface area contributed by atoms with Gasteiger partial charge in [0.2, 0.25) is 5.91 Å². The van der Waals surface area contributed by atoms with Crippen LogP contribution in [0.2, 0.25) is 5.02 Å². The number of nitrogens with two attached hydrogens (primary N) is 1. The van der Waals surface area contributed by atoms with Crippen LogP contribution in [-0.2, 0) is 14.3 Å². The van der Waals surface area contributed by atoms with Crippen LogP contribution in [0.15, 0.2) is 18.2 Å². The van der Waals surface area contributed by atoms with Gasteiger partial charge in [-0.2, -0.15) is 0 Å². The van der Waals surface area contributed by atoms with Crippen molar-refractivity contribution >= 4 is 29.2 Å². The van der Waals surface area contributed by atoms with Crippen molar-refractivity contribution in [3.8, 4) is 0 Å². The summed E-state index contributed by atoms with van der Waals surface area (Å²) in [5.74, 6) is -0.910. The van der Waals surface area contributed by atoms with Gasteiger partial charge in [-0.3, -0.25) is 4.79 Å². The molecule has 0 fully saturated rings. The minimum Gasteiger partial charge on any atom is -0.465 e. The first-order valence-electron chi connectivity index (χ1n) is 5.54.